The lowest BCUT2D eigenvalue weighted by molar-refractivity contribution is -0.147. The zero-order valence-corrected chi connectivity index (χ0v) is 41.5. The van der Waals surface area contributed by atoms with Crippen LogP contribution >= 0.6 is 7.82 Å². The fourth-order valence-electron chi connectivity index (χ4n) is 7.72. The number of rotatable bonds is 50. The summed E-state index contributed by atoms with van der Waals surface area (Å²) in [7, 11) is -4.76. The van der Waals surface area contributed by atoms with Crippen molar-refractivity contribution in [2.45, 2.75) is 276 Å². The Labute approximate surface area is 386 Å². The summed E-state index contributed by atoms with van der Waals surface area (Å²) in [5.74, 6) is -2.36. The molecule has 0 aliphatic carbocycles. The number of carbonyl (C=O) groups excluding carboxylic acids is 2. The predicted octanol–water partition coefficient (Wildman–Crippen LogP) is 14.4. The standard InChI is InChI=1S/C51H98NO10P/c1-3-5-7-9-11-13-15-17-19-21-22-23-24-25-27-28-30-32-34-36-38-40-42-49(54)52-48(51(56)57)46-62-63(58,59)61-45-47(53)44-60-50(55)43-41-39-37-35-33-31-29-26-20-18-16-14-12-10-8-6-4-2/h18,20,47-48,53H,3-17,19,21-46H2,1-2H3,(H,52,54)(H,56,57)(H,58,59)/b20-18-. The Hall–Kier alpha value is -1.78. The number of ether oxygens (including phenoxy) is 1. The van der Waals surface area contributed by atoms with E-state index in [1.807, 2.05) is 0 Å². The van der Waals surface area contributed by atoms with Gasteiger partial charge >= 0.3 is 19.8 Å². The lowest BCUT2D eigenvalue weighted by Gasteiger charge is -2.18. The fraction of sp³-hybridized carbons (Fsp3) is 0.902. The number of unbranched alkanes of at least 4 members (excludes halogenated alkanes) is 34. The van der Waals surface area contributed by atoms with E-state index in [-0.39, 0.29) is 12.8 Å². The van der Waals surface area contributed by atoms with Crippen LogP contribution in [0.15, 0.2) is 12.2 Å². The molecule has 3 unspecified atom stereocenters. The molecule has 1 amide bonds. The summed E-state index contributed by atoms with van der Waals surface area (Å²) >= 11 is 0. The number of carboxylic acids is 1. The minimum Gasteiger partial charge on any atom is -0.480 e. The lowest BCUT2D eigenvalue weighted by Crippen LogP contribution is -2.43. The van der Waals surface area contributed by atoms with Crippen molar-refractivity contribution in [1.29, 1.82) is 0 Å². The van der Waals surface area contributed by atoms with Gasteiger partial charge < -0.3 is 25.2 Å². The smallest absolute Gasteiger partial charge is 0.472 e. The van der Waals surface area contributed by atoms with Crippen LogP contribution in [0.3, 0.4) is 0 Å². The highest BCUT2D eigenvalue weighted by Gasteiger charge is 2.28. The van der Waals surface area contributed by atoms with Gasteiger partial charge in [0.05, 0.1) is 13.2 Å². The zero-order chi connectivity index (χ0) is 46.3. The molecule has 3 atom stereocenters. The summed E-state index contributed by atoms with van der Waals surface area (Å²) in [6.45, 7) is 2.64. The van der Waals surface area contributed by atoms with Gasteiger partial charge in [0.15, 0.2) is 6.04 Å². The largest absolute Gasteiger partial charge is 0.480 e. The monoisotopic (exact) mass is 916 g/mol. The highest BCUT2D eigenvalue weighted by Crippen LogP contribution is 2.43. The third-order valence-corrected chi connectivity index (χ3v) is 12.8. The molecule has 11 nitrogen and oxygen atoms in total. The Kier molecular flexibility index (Phi) is 45.4. The topological polar surface area (TPSA) is 169 Å². The summed E-state index contributed by atoms with van der Waals surface area (Å²) in [5.41, 5.74) is 0. The van der Waals surface area contributed by atoms with Crippen LogP contribution in [0.5, 0.6) is 0 Å². The Morgan fingerprint density at radius 1 is 0.492 bits per heavy atom. The van der Waals surface area contributed by atoms with Crippen molar-refractivity contribution in [3.63, 3.8) is 0 Å². The number of allylic oxidation sites excluding steroid dienone is 2. The van der Waals surface area contributed by atoms with Gasteiger partial charge in [-0.05, 0) is 38.5 Å². The average Bonchev–Trinajstić information content (AvgIpc) is 3.26. The maximum atomic E-state index is 12.4. The molecule has 0 aromatic rings. The molecule has 0 radical (unpaired) electrons. The van der Waals surface area contributed by atoms with Crippen LogP contribution in [-0.2, 0) is 32.7 Å². The van der Waals surface area contributed by atoms with E-state index in [4.69, 9.17) is 13.8 Å². The maximum absolute atomic E-state index is 12.4. The van der Waals surface area contributed by atoms with Gasteiger partial charge in [-0.25, -0.2) is 9.36 Å². The van der Waals surface area contributed by atoms with Crippen LogP contribution in [0.1, 0.15) is 264 Å². The molecule has 0 saturated carbocycles. The molecule has 0 aromatic carbocycles. The number of carbonyl (C=O) groups is 3. The molecule has 12 heteroatoms. The Balaban J connectivity index is 3.79. The second-order valence-electron chi connectivity index (χ2n) is 18.1. The maximum Gasteiger partial charge on any atom is 0.472 e. The SMILES string of the molecule is CCCCCCCC/C=C\CCCCCCCCCC(=O)OCC(O)COP(=O)(O)OCC(NC(=O)CCCCCCCCCCCCCCCCCCCCCCCC)C(=O)O. The highest BCUT2D eigenvalue weighted by molar-refractivity contribution is 7.47. The molecule has 63 heavy (non-hydrogen) atoms. The average molecular weight is 916 g/mol. The number of aliphatic carboxylic acids is 1. The highest BCUT2D eigenvalue weighted by atomic mass is 31.2. The van der Waals surface area contributed by atoms with E-state index in [1.54, 1.807) is 0 Å². The number of nitrogens with one attached hydrogen (secondary N) is 1. The molecule has 0 aliphatic heterocycles. The molecule has 0 saturated heterocycles. The number of hydrogen-bond donors (Lipinski definition) is 4. The van der Waals surface area contributed by atoms with E-state index in [1.165, 1.54) is 180 Å². The molecule has 0 heterocycles. The van der Waals surface area contributed by atoms with Gasteiger partial charge in [-0.15, -0.1) is 0 Å². The van der Waals surface area contributed by atoms with Crippen LogP contribution in [0, 0.1) is 0 Å². The Morgan fingerprint density at radius 3 is 1.21 bits per heavy atom. The quantitative estimate of drug-likeness (QED) is 0.0199. The summed E-state index contributed by atoms with van der Waals surface area (Å²) in [6, 6.07) is -1.54. The number of phosphoric ester groups is 1. The zero-order valence-electron chi connectivity index (χ0n) is 40.7. The van der Waals surface area contributed by atoms with E-state index in [0.717, 1.165) is 44.9 Å². The van der Waals surface area contributed by atoms with Crippen molar-refractivity contribution in [3.8, 4) is 0 Å². The van der Waals surface area contributed by atoms with Crippen LogP contribution in [0.4, 0.5) is 0 Å². The van der Waals surface area contributed by atoms with E-state index >= 15 is 0 Å². The number of esters is 1. The first-order valence-electron chi connectivity index (χ1n) is 26.2. The number of aliphatic hydroxyl groups is 1. The molecule has 0 spiro atoms. The molecular formula is C51H98NO10P. The van der Waals surface area contributed by atoms with Crippen molar-refractivity contribution in [3.05, 3.63) is 12.2 Å². The van der Waals surface area contributed by atoms with Crippen LogP contribution < -0.4 is 5.32 Å². The summed E-state index contributed by atoms with van der Waals surface area (Å²) in [4.78, 5) is 46.1. The van der Waals surface area contributed by atoms with Crippen molar-refractivity contribution in [1.82, 2.24) is 5.32 Å². The number of amides is 1. The lowest BCUT2D eigenvalue weighted by atomic mass is 10.0. The minimum absolute atomic E-state index is 0.152. The number of phosphoric acid groups is 1. The normalized spacial score (nSPS) is 13.6. The van der Waals surface area contributed by atoms with Gasteiger partial charge in [0.25, 0.3) is 0 Å². The second-order valence-corrected chi connectivity index (χ2v) is 19.5. The van der Waals surface area contributed by atoms with E-state index < -0.39 is 57.6 Å². The molecule has 0 aromatic heterocycles. The van der Waals surface area contributed by atoms with Crippen LogP contribution in [0.25, 0.3) is 0 Å². The first-order chi connectivity index (χ1) is 30.6. The predicted molar refractivity (Wildman–Crippen MR) is 259 cm³/mol. The molecule has 372 valence electrons. The second kappa shape index (κ2) is 46.7. The van der Waals surface area contributed by atoms with Gasteiger partial charge in [0, 0.05) is 12.8 Å². The fourth-order valence-corrected chi connectivity index (χ4v) is 8.50. The number of carboxylic acid groups (broad SMARTS) is 1. The van der Waals surface area contributed by atoms with E-state index in [9.17, 15) is 34.1 Å². The third kappa shape index (κ3) is 46.5. The van der Waals surface area contributed by atoms with Gasteiger partial charge in [-0.3, -0.25) is 18.6 Å². The van der Waals surface area contributed by atoms with Crippen molar-refractivity contribution in [2.24, 2.45) is 0 Å². The first kappa shape index (κ1) is 61.2. The molecule has 0 rings (SSSR count). The van der Waals surface area contributed by atoms with Gasteiger partial charge in [-0.1, -0.05) is 225 Å². The number of hydrogen-bond acceptors (Lipinski definition) is 8. The van der Waals surface area contributed by atoms with Crippen LogP contribution in [-0.4, -0.2) is 64.9 Å². The minimum atomic E-state index is -4.76. The summed E-state index contributed by atoms with van der Waals surface area (Å²) in [6.07, 6.45) is 49.5. The first-order valence-corrected chi connectivity index (χ1v) is 27.7. The van der Waals surface area contributed by atoms with E-state index in [2.05, 4.69) is 31.3 Å². The Bertz CT molecular complexity index is 1120. The van der Waals surface area contributed by atoms with Gasteiger partial charge in [0.1, 0.15) is 12.7 Å². The number of aliphatic hydroxyl groups excluding tert-OH is 1. The molecule has 0 bridgehead atoms. The third-order valence-electron chi connectivity index (χ3n) is 11.8. The van der Waals surface area contributed by atoms with Crippen molar-refractivity contribution >= 4 is 25.7 Å². The molecular weight excluding hydrogens is 818 g/mol. The molecule has 0 fully saturated rings. The van der Waals surface area contributed by atoms with Gasteiger partial charge in [0.2, 0.25) is 5.91 Å². The van der Waals surface area contributed by atoms with Crippen LogP contribution in [0.2, 0.25) is 0 Å². The van der Waals surface area contributed by atoms with E-state index in [0.29, 0.717) is 12.8 Å². The summed E-state index contributed by atoms with van der Waals surface area (Å²) in [5, 5.41) is 21.9. The van der Waals surface area contributed by atoms with Gasteiger partial charge in [-0.2, -0.15) is 0 Å². The van der Waals surface area contributed by atoms with Crippen molar-refractivity contribution < 1.29 is 47.8 Å². The molecule has 4 N–H and O–H groups in total. The molecule has 0 aliphatic rings. The van der Waals surface area contributed by atoms with Crippen molar-refractivity contribution in [2.75, 3.05) is 19.8 Å². The summed E-state index contributed by atoms with van der Waals surface area (Å²) < 4.78 is 27.0. The Morgan fingerprint density at radius 2 is 0.825 bits per heavy atom.